The van der Waals surface area contributed by atoms with Crippen molar-refractivity contribution in [1.82, 2.24) is 5.32 Å². The number of aliphatic carboxylic acids is 2. The zero-order chi connectivity index (χ0) is 13.6. The lowest BCUT2D eigenvalue weighted by Crippen LogP contribution is -2.50. The number of carbonyl (C=O) groups excluding carboxylic acids is 2. The summed E-state index contributed by atoms with van der Waals surface area (Å²) < 4.78 is 0. The molecule has 0 aliphatic heterocycles. The Labute approximate surface area is 97.8 Å². The van der Waals surface area contributed by atoms with E-state index in [-0.39, 0.29) is 6.42 Å². The van der Waals surface area contributed by atoms with Gasteiger partial charge in [-0.3, -0.25) is 19.2 Å². The Balaban J connectivity index is 5.11. The molecule has 7 heteroatoms. The van der Waals surface area contributed by atoms with E-state index in [0.29, 0.717) is 6.42 Å². The average Bonchev–Trinajstić information content (AvgIpc) is 2.15. The molecule has 0 fully saturated rings. The summed E-state index contributed by atoms with van der Waals surface area (Å²) in [5.41, 5.74) is 0. The lowest BCUT2D eigenvalue weighted by molar-refractivity contribution is -0.158. The molecule has 0 rings (SSSR count). The molecule has 96 valence electrons. The first-order valence-electron chi connectivity index (χ1n) is 5.06. The highest BCUT2D eigenvalue weighted by Crippen LogP contribution is 2.09. The summed E-state index contributed by atoms with van der Waals surface area (Å²) in [5.74, 6) is -6.51. The van der Waals surface area contributed by atoms with Crippen LogP contribution in [-0.4, -0.2) is 39.9 Å². The largest absolute Gasteiger partial charge is 0.481 e. The van der Waals surface area contributed by atoms with E-state index >= 15 is 0 Å². The van der Waals surface area contributed by atoms with Crippen LogP contribution in [0, 0.1) is 5.92 Å². The molecule has 0 aromatic carbocycles. The van der Waals surface area contributed by atoms with Gasteiger partial charge in [0, 0.05) is 13.3 Å². The SMILES string of the molecule is CCCC(=O)C(NC(C)=O)C(C(=O)O)C(=O)O. The third-order valence-corrected chi connectivity index (χ3v) is 2.07. The Hall–Kier alpha value is -1.92. The molecule has 0 saturated heterocycles. The van der Waals surface area contributed by atoms with Crippen molar-refractivity contribution in [3.8, 4) is 0 Å². The predicted octanol–water partition coefficient (Wildman–Crippen LogP) is -0.354. The molecule has 7 nitrogen and oxygen atoms in total. The molecule has 0 bridgehead atoms. The summed E-state index contributed by atoms with van der Waals surface area (Å²) >= 11 is 0. The monoisotopic (exact) mass is 245 g/mol. The van der Waals surface area contributed by atoms with Gasteiger partial charge in [-0.15, -0.1) is 0 Å². The van der Waals surface area contributed by atoms with Crippen molar-refractivity contribution in [1.29, 1.82) is 0 Å². The number of amides is 1. The maximum atomic E-state index is 11.6. The Morgan fingerprint density at radius 2 is 1.59 bits per heavy atom. The van der Waals surface area contributed by atoms with Crippen molar-refractivity contribution in [2.24, 2.45) is 5.92 Å². The third-order valence-electron chi connectivity index (χ3n) is 2.07. The normalized spacial score (nSPS) is 11.9. The molecule has 3 N–H and O–H groups in total. The van der Waals surface area contributed by atoms with Gasteiger partial charge in [0.15, 0.2) is 11.7 Å². The Bertz CT molecular complexity index is 324. The van der Waals surface area contributed by atoms with Crippen molar-refractivity contribution in [2.75, 3.05) is 0 Å². The minimum Gasteiger partial charge on any atom is -0.481 e. The Morgan fingerprint density at radius 1 is 1.12 bits per heavy atom. The molecule has 1 unspecified atom stereocenters. The maximum absolute atomic E-state index is 11.6. The van der Waals surface area contributed by atoms with Crippen molar-refractivity contribution < 1.29 is 29.4 Å². The van der Waals surface area contributed by atoms with Gasteiger partial charge in [-0.2, -0.15) is 0 Å². The summed E-state index contributed by atoms with van der Waals surface area (Å²) in [6.07, 6.45) is 0.461. The fourth-order valence-electron chi connectivity index (χ4n) is 1.36. The van der Waals surface area contributed by atoms with Crippen LogP contribution >= 0.6 is 0 Å². The molecule has 0 radical (unpaired) electrons. The molecule has 0 aromatic heterocycles. The molecule has 0 aromatic rings. The summed E-state index contributed by atoms with van der Waals surface area (Å²) in [4.78, 5) is 44.0. The summed E-state index contributed by atoms with van der Waals surface area (Å²) in [7, 11) is 0. The van der Waals surface area contributed by atoms with Crippen LogP contribution in [-0.2, 0) is 19.2 Å². The lowest BCUT2D eigenvalue weighted by atomic mass is 9.94. The molecule has 1 atom stereocenters. The second-order valence-electron chi connectivity index (χ2n) is 3.55. The number of hydrogen-bond acceptors (Lipinski definition) is 4. The van der Waals surface area contributed by atoms with Crippen molar-refractivity contribution in [3.63, 3.8) is 0 Å². The highest BCUT2D eigenvalue weighted by Gasteiger charge is 2.39. The van der Waals surface area contributed by atoms with E-state index in [9.17, 15) is 19.2 Å². The molecule has 0 saturated carbocycles. The van der Waals surface area contributed by atoms with Gasteiger partial charge in [-0.25, -0.2) is 0 Å². The smallest absolute Gasteiger partial charge is 0.320 e. The number of rotatable bonds is 7. The van der Waals surface area contributed by atoms with E-state index < -0.39 is 35.6 Å². The molecule has 0 spiro atoms. The van der Waals surface area contributed by atoms with Gasteiger partial charge in [-0.1, -0.05) is 6.92 Å². The zero-order valence-corrected chi connectivity index (χ0v) is 9.60. The average molecular weight is 245 g/mol. The van der Waals surface area contributed by atoms with Gasteiger partial charge in [0.25, 0.3) is 0 Å². The van der Waals surface area contributed by atoms with Gasteiger partial charge < -0.3 is 15.5 Å². The first kappa shape index (κ1) is 15.1. The summed E-state index contributed by atoms with van der Waals surface area (Å²) in [6, 6.07) is -1.53. The minimum atomic E-state index is -1.96. The number of Topliss-reactive ketones (excluding diaryl/α,β-unsaturated/α-hetero) is 1. The predicted molar refractivity (Wildman–Crippen MR) is 56.3 cm³/mol. The second kappa shape index (κ2) is 6.62. The number of hydrogen-bond donors (Lipinski definition) is 3. The van der Waals surface area contributed by atoms with Gasteiger partial charge in [0.1, 0.15) is 6.04 Å². The highest BCUT2D eigenvalue weighted by molar-refractivity contribution is 6.02. The maximum Gasteiger partial charge on any atom is 0.320 e. The fraction of sp³-hybridized carbons (Fsp3) is 0.600. The first-order chi connectivity index (χ1) is 7.81. The standard InChI is InChI=1S/C10H15NO6/c1-3-4-6(13)8(11-5(2)12)7(9(14)15)10(16)17/h7-8H,3-4H2,1-2H3,(H,11,12)(H,14,15)(H,16,17). The minimum absolute atomic E-state index is 0.0159. The van der Waals surface area contributed by atoms with Crippen LogP contribution in [0.5, 0.6) is 0 Å². The van der Waals surface area contributed by atoms with Crippen LogP contribution in [0.3, 0.4) is 0 Å². The number of carboxylic acids is 2. The molecule has 17 heavy (non-hydrogen) atoms. The van der Waals surface area contributed by atoms with Crippen molar-refractivity contribution in [2.45, 2.75) is 32.7 Å². The number of carbonyl (C=O) groups is 4. The Morgan fingerprint density at radius 3 is 1.88 bits per heavy atom. The molecule has 0 aliphatic rings. The van der Waals surface area contributed by atoms with E-state index in [1.165, 1.54) is 0 Å². The second-order valence-corrected chi connectivity index (χ2v) is 3.55. The number of nitrogens with one attached hydrogen (secondary N) is 1. The molecule has 1 amide bonds. The van der Waals surface area contributed by atoms with Crippen molar-refractivity contribution in [3.05, 3.63) is 0 Å². The lowest BCUT2D eigenvalue weighted by Gasteiger charge is -2.20. The zero-order valence-electron chi connectivity index (χ0n) is 9.60. The topological polar surface area (TPSA) is 121 Å². The van der Waals surface area contributed by atoms with Crippen LogP contribution in [0.4, 0.5) is 0 Å². The van der Waals surface area contributed by atoms with Crippen LogP contribution < -0.4 is 5.32 Å². The molecule has 0 aliphatic carbocycles. The van der Waals surface area contributed by atoms with Gasteiger partial charge >= 0.3 is 11.9 Å². The van der Waals surface area contributed by atoms with Gasteiger partial charge in [0.2, 0.25) is 5.91 Å². The van der Waals surface area contributed by atoms with Gasteiger partial charge in [-0.05, 0) is 6.42 Å². The number of ketones is 1. The molecular weight excluding hydrogens is 230 g/mol. The Kier molecular flexibility index (Phi) is 5.87. The summed E-state index contributed by atoms with van der Waals surface area (Å²) in [6.45, 7) is 2.78. The van der Waals surface area contributed by atoms with Crippen molar-refractivity contribution >= 4 is 23.6 Å². The third kappa shape index (κ3) is 4.62. The van der Waals surface area contributed by atoms with E-state index in [1.54, 1.807) is 6.92 Å². The van der Waals surface area contributed by atoms with E-state index in [2.05, 4.69) is 5.32 Å². The van der Waals surface area contributed by atoms with Gasteiger partial charge in [0.05, 0.1) is 0 Å². The van der Waals surface area contributed by atoms with Crippen LogP contribution in [0.15, 0.2) is 0 Å². The summed E-state index contributed by atoms with van der Waals surface area (Å²) in [5, 5.41) is 19.6. The van der Waals surface area contributed by atoms with Crippen LogP contribution in [0.2, 0.25) is 0 Å². The van der Waals surface area contributed by atoms with E-state index in [4.69, 9.17) is 10.2 Å². The number of carboxylic acid groups (broad SMARTS) is 2. The highest BCUT2D eigenvalue weighted by atomic mass is 16.4. The molecule has 0 heterocycles. The fourth-order valence-corrected chi connectivity index (χ4v) is 1.36. The van der Waals surface area contributed by atoms with Crippen LogP contribution in [0.1, 0.15) is 26.7 Å². The van der Waals surface area contributed by atoms with Crippen LogP contribution in [0.25, 0.3) is 0 Å². The molecular formula is C10H15NO6. The quantitative estimate of drug-likeness (QED) is 0.527. The first-order valence-corrected chi connectivity index (χ1v) is 5.06. The van der Waals surface area contributed by atoms with E-state index in [1.807, 2.05) is 0 Å². The van der Waals surface area contributed by atoms with E-state index in [0.717, 1.165) is 6.92 Å².